The van der Waals surface area contributed by atoms with Crippen LogP contribution in [0.1, 0.15) is 20.8 Å². The molecular formula is C19H13F4NO2S. The maximum Gasteiger partial charge on any atom is 0.416 e. The lowest BCUT2D eigenvalue weighted by Crippen LogP contribution is -2.12. The third-order valence-corrected chi connectivity index (χ3v) is 4.52. The van der Waals surface area contributed by atoms with Gasteiger partial charge in [-0.2, -0.15) is 13.2 Å². The van der Waals surface area contributed by atoms with Gasteiger partial charge in [-0.05, 0) is 53.9 Å². The lowest BCUT2D eigenvalue weighted by molar-refractivity contribution is -0.137. The Bertz CT molecular complexity index is 935. The molecule has 1 heterocycles. The van der Waals surface area contributed by atoms with Crippen molar-refractivity contribution in [2.24, 2.45) is 0 Å². The van der Waals surface area contributed by atoms with Gasteiger partial charge >= 0.3 is 6.18 Å². The van der Waals surface area contributed by atoms with Gasteiger partial charge in [0.25, 0.3) is 5.91 Å². The summed E-state index contributed by atoms with van der Waals surface area (Å²) in [5.74, 6) is -0.392. The van der Waals surface area contributed by atoms with Crippen LogP contribution in [0.3, 0.4) is 0 Å². The fourth-order valence-corrected chi connectivity index (χ4v) is 3.03. The first kappa shape index (κ1) is 18.9. The Morgan fingerprint density at radius 2 is 1.81 bits per heavy atom. The number of nitrogens with one attached hydrogen (secondary N) is 1. The second-order valence-electron chi connectivity index (χ2n) is 5.59. The highest BCUT2D eigenvalue weighted by Gasteiger charge is 2.30. The standard InChI is InChI=1S/C19H13F4NO2S/c20-14-4-6-16(7-5-14)26-10-12-8-17(27-11-12)18(25)24-15-3-1-2-13(9-15)19(21,22)23/h1-9,11H,10H2,(H,24,25). The number of alkyl halides is 3. The average Bonchev–Trinajstić information content (AvgIpc) is 3.10. The van der Waals surface area contributed by atoms with Gasteiger partial charge in [-0.25, -0.2) is 4.39 Å². The Morgan fingerprint density at radius 1 is 1.07 bits per heavy atom. The van der Waals surface area contributed by atoms with E-state index in [1.807, 2.05) is 0 Å². The average molecular weight is 395 g/mol. The predicted octanol–water partition coefficient (Wildman–Crippen LogP) is 5.74. The molecule has 8 heteroatoms. The van der Waals surface area contributed by atoms with Crippen LogP contribution < -0.4 is 10.1 Å². The molecule has 2 aromatic carbocycles. The van der Waals surface area contributed by atoms with E-state index in [4.69, 9.17) is 4.74 Å². The first-order chi connectivity index (χ1) is 12.8. The largest absolute Gasteiger partial charge is 0.489 e. The summed E-state index contributed by atoms with van der Waals surface area (Å²) in [5, 5.41) is 4.17. The molecule has 1 aromatic heterocycles. The van der Waals surface area contributed by atoms with E-state index in [9.17, 15) is 22.4 Å². The van der Waals surface area contributed by atoms with Crippen molar-refractivity contribution < 1.29 is 27.1 Å². The molecule has 0 bridgehead atoms. The summed E-state index contributed by atoms with van der Waals surface area (Å²) >= 11 is 1.15. The summed E-state index contributed by atoms with van der Waals surface area (Å²) in [6.07, 6.45) is -4.48. The lowest BCUT2D eigenvalue weighted by Gasteiger charge is -2.09. The monoisotopic (exact) mass is 395 g/mol. The summed E-state index contributed by atoms with van der Waals surface area (Å²) in [6.45, 7) is 0.180. The van der Waals surface area contributed by atoms with Crippen LogP contribution in [0.5, 0.6) is 5.75 Å². The van der Waals surface area contributed by atoms with E-state index in [2.05, 4.69) is 5.32 Å². The Labute approximate surface area is 156 Å². The number of benzene rings is 2. The molecule has 0 saturated carbocycles. The van der Waals surface area contributed by atoms with Gasteiger partial charge in [0.1, 0.15) is 18.2 Å². The van der Waals surface area contributed by atoms with Gasteiger partial charge in [0.05, 0.1) is 10.4 Å². The Balaban J connectivity index is 1.62. The third kappa shape index (κ3) is 5.07. The van der Waals surface area contributed by atoms with Crippen molar-refractivity contribution in [3.8, 4) is 5.75 Å². The van der Waals surface area contributed by atoms with Crippen molar-refractivity contribution in [2.75, 3.05) is 5.32 Å². The zero-order valence-electron chi connectivity index (χ0n) is 13.7. The van der Waals surface area contributed by atoms with Gasteiger partial charge in [-0.15, -0.1) is 11.3 Å². The second kappa shape index (κ2) is 7.79. The van der Waals surface area contributed by atoms with Crippen molar-refractivity contribution >= 4 is 22.9 Å². The van der Waals surface area contributed by atoms with Crippen LogP contribution in [-0.4, -0.2) is 5.91 Å². The molecule has 0 aliphatic carbocycles. The van der Waals surface area contributed by atoms with Crippen molar-refractivity contribution in [1.29, 1.82) is 0 Å². The number of amides is 1. The molecule has 0 spiro atoms. The molecule has 0 saturated heterocycles. The van der Waals surface area contributed by atoms with Crippen molar-refractivity contribution in [1.82, 2.24) is 0 Å². The molecule has 3 aromatic rings. The number of hydrogen-bond acceptors (Lipinski definition) is 3. The molecule has 27 heavy (non-hydrogen) atoms. The van der Waals surface area contributed by atoms with Crippen LogP contribution in [0.25, 0.3) is 0 Å². The smallest absolute Gasteiger partial charge is 0.416 e. The molecule has 3 nitrogen and oxygen atoms in total. The molecule has 0 aliphatic heterocycles. The van der Waals surface area contributed by atoms with Crippen LogP contribution in [0.15, 0.2) is 60.0 Å². The highest BCUT2D eigenvalue weighted by Crippen LogP contribution is 2.31. The minimum absolute atomic E-state index is 0.0623. The first-order valence-corrected chi connectivity index (χ1v) is 8.63. The number of ether oxygens (including phenoxy) is 1. The van der Waals surface area contributed by atoms with E-state index < -0.39 is 17.6 Å². The zero-order valence-corrected chi connectivity index (χ0v) is 14.5. The normalized spacial score (nSPS) is 11.3. The molecule has 1 N–H and O–H groups in total. The minimum atomic E-state index is -4.48. The van der Waals surface area contributed by atoms with Gasteiger partial charge in [-0.1, -0.05) is 6.07 Å². The number of thiophene rings is 1. The number of anilines is 1. The molecule has 0 atom stereocenters. The molecule has 0 unspecified atom stereocenters. The quantitative estimate of drug-likeness (QED) is 0.560. The first-order valence-electron chi connectivity index (χ1n) is 7.75. The van der Waals surface area contributed by atoms with Gasteiger partial charge in [-0.3, -0.25) is 4.79 Å². The Kier molecular flexibility index (Phi) is 5.46. The second-order valence-corrected chi connectivity index (χ2v) is 6.51. The molecule has 0 fully saturated rings. The number of hydrogen-bond donors (Lipinski definition) is 1. The summed E-state index contributed by atoms with van der Waals surface area (Å²) < 4.78 is 56.5. The van der Waals surface area contributed by atoms with Gasteiger partial charge in [0, 0.05) is 11.3 Å². The fourth-order valence-electron chi connectivity index (χ4n) is 2.23. The summed E-state index contributed by atoms with van der Waals surface area (Å²) in [7, 11) is 0. The third-order valence-electron chi connectivity index (χ3n) is 3.54. The van der Waals surface area contributed by atoms with E-state index >= 15 is 0 Å². The number of halogens is 4. The zero-order chi connectivity index (χ0) is 19.4. The summed E-state index contributed by atoms with van der Waals surface area (Å²) in [4.78, 5) is 12.6. The van der Waals surface area contributed by atoms with E-state index in [0.29, 0.717) is 10.6 Å². The summed E-state index contributed by atoms with van der Waals surface area (Å²) in [6, 6.07) is 11.6. The number of carbonyl (C=O) groups is 1. The van der Waals surface area contributed by atoms with Gasteiger partial charge in [0.15, 0.2) is 0 Å². The van der Waals surface area contributed by atoms with Crippen molar-refractivity contribution in [3.63, 3.8) is 0 Å². The topological polar surface area (TPSA) is 38.3 Å². The van der Waals surface area contributed by atoms with Gasteiger partial charge in [0.2, 0.25) is 0 Å². The molecular weight excluding hydrogens is 382 g/mol. The van der Waals surface area contributed by atoms with Crippen LogP contribution in [0, 0.1) is 5.82 Å². The van der Waals surface area contributed by atoms with E-state index in [0.717, 1.165) is 29.0 Å². The Hall–Kier alpha value is -2.87. The maximum atomic E-state index is 12.9. The molecule has 0 aliphatic rings. The molecule has 140 valence electrons. The van der Waals surface area contributed by atoms with Crippen LogP contribution in [-0.2, 0) is 12.8 Å². The van der Waals surface area contributed by atoms with Crippen molar-refractivity contribution in [2.45, 2.75) is 12.8 Å². The van der Waals surface area contributed by atoms with Crippen LogP contribution in [0.4, 0.5) is 23.2 Å². The van der Waals surface area contributed by atoms with E-state index in [1.54, 1.807) is 11.4 Å². The van der Waals surface area contributed by atoms with Crippen LogP contribution >= 0.6 is 11.3 Å². The number of carbonyl (C=O) groups excluding carboxylic acids is 1. The van der Waals surface area contributed by atoms with E-state index in [1.165, 1.54) is 36.4 Å². The molecule has 1 amide bonds. The summed E-state index contributed by atoms with van der Waals surface area (Å²) in [5.41, 5.74) is -0.0503. The number of rotatable bonds is 5. The van der Waals surface area contributed by atoms with Gasteiger partial charge < -0.3 is 10.1 Å². The molecule has 0 radical (unpaired) electrons. The highest BCUT2D eigenvalue weighted by atomic mass is 32.1. The SMILES string of the molecule is O=C(Nc1cccc(C(F)(F)F)c1)c1cc(COc2ccc(F)cc2)cs1. The lowest BCUT2D eigenvalue weighted by atomic mass is 10.2. The Morgan fingerprint density at radius 3 is 2.52 bits per heavy atom. The predicted molar refractivity (Wildman–Crippen MR) is 94.4 cm³/mol. The highest BCUT2D eigenvalue weighted by molar-refractivity contribution is 7.12. The van der Waals surface area contributed by atoms with Crippen molar-refractivity contribution in [3.05, 3.63) is 81.8 Å². The minimum Gasteiger partial charge on any atom is -0.489 e. The van der Waals surface area contributed by atoms with Crippen LogP contribution in [0.2, 0.25) is 0 Å². The van der Waals surface area contributed by atoms with E-state index in [-0.39, 0.29) is 18.1 Å². The molecule has 3 rings (SSSR count). The fraction of sp³-hybridized carbons (Fsp3) is 0.105. The maximum absolute atomic E-state index is 12.9.